The van der Waals surface area contributed by atoms with Crippen LogP contribution in [0.4, 0.5) is 0 Å². The normalized spacial score (nSPS) is 17.6. The van der Waals surface area contributed by atoms with Crippen LogP contribution in [0.15, 0.2) is 57.3 Å². The van der Waals surface area contributed by atoms with E-state index in [9.17, 15) is 24.9 Å². The van der Waals surface area contributed by atoms with Gasteiger partial charge in [0.1, 0.15) is 0 Å². The quantitative estimate of drug-likeness (QED) is 0.0974. The first kappa shape index (κ1) is 31.4. The molecule has 36 heavy (non-hydrogen) atoms. The van der Waals surface area contributed by atoms with Gasteiger partial charge in [0.25, 0.3) is 0 Å². The van der Waals surface area contributed by atoms with Gasteiger partial charge in [-0.25, -0.2) is 0 Å². The van der Waals surface area contributed by atoms with Gasteiger partial charge in [-0.1, -0.05) is 23.3 Å². The molecule has 5 N–H and O–H groups in total. The molecule has 202 valence electrons. The standard InChI is InChI=1S/C28H42O8/c1-17(10-8-11-18(2)16-28(34,35)25(31)26(32)33)12-9-14-27(6,36-7)15-13-22-21(5)23(29)19(3)20(4)24(22)30/h11-12,31-35H,8-10,13-16H2,1-7H3/b17-12+,18-11+/t27-/m1/s1. The summed E-state index contributed by atoms with van der Waals surface area (Å²) in [6.07, 6.45) is 7.55. The molecule has 1 atom stereocenters. The van der Waals surface area contributed by atoms with Crippen molar-refractivity contribution in [2.45, 2.75) is 97.9 Å². The van der Waals surface area contributed by atoms with Gasteiger partial charge in [-0.05, 0) is 80.1 Å². The summed E-state index contributed by atoms with van der Waals surface area (Å²) in [5.41, 5.74) is 3.42. The average molecular weight is 507 g/mol. The zero-order chi connectivity index (χ0) is 27.8. The van der Waals surface area contributed by atoms with E-state index in [1.54, 1.807) is 40.9 Å². The van der Waals surface area contributed by atoms with Crippen molar-refractivity contribution in [3.05, 3.63) is 57.3 Å². The molecule has 0 unspecified atom stereocenters. The number of carbonyl (C=O) groups excluding carboxylic acids is 2. The molecule has 0 amide bonds. The average Bonchev–Trinajstić information content (AvgIpc) is 2.80. The monoisotopic (exact) mass is 506 g/mol. The van der Waals surface area contributed by atoms with Crippen LogP contribution in [-0.2, 0) is 14.3 Å². The Labute approximate surface area is 214 Å². The van der Waals surface area contributed by atoms with Crippen LogP contribution in [0.2, 0.25) is 0 Å². The Hall–Kier alpha value is -2.68. The molecule has 1 aliphatic rings. The molecule has 0 spiro atoms. The number of allylic oxidation sites excluding steroid dienone is 7. The number of methoxy groups -OCH3 is 1. The topological polar surface area (TPSA) is 145 Å². The van der Waals surface area contributed by atoms with Crippen molar-refractivity contribution >= 4 is 11.6 Å². The van der Waals surface area contributed by atoms with Crippen LogP contribution in [0.3, 0.4) is 0 Å². The molecule has 0 radical (unpaired) electrons. The summed E-state index contributed by atoms with van der Waals surface area (Å²) in [5, 5.41) is 46.6. The summed E-state index contributed by atoms with van der Waals surface area (Å²) in [7, 11) is 1.65. The van der Waals surface area contributed by atoms with Gasteiger partial charge in [0.2, 0.25) is 11.5 Å². The molecule has 8 nitrogen and oxygen atoms in total. The molecule has 0 aliphatic heterocycles. The van der Waals surface area contributed by atoms with Gasteiger partial charge in [0.15, 0.2) is 11.6 Å². The number of Topliss-reactive ketones (excluding diaryl/α,β-unsaturated/α-hetero) is 2. The van der Waals surface area contributed by atoms with Crippen molar-refractivity contribution in [2.75, 3.05) is 7.11 Å². The first-order valence-corrected chi connectivity index (χ1v) is 12.2. The molecule has 8 heteroatoms. The van der Waals surface area contributed by atoms with Crippen LogP contribution in [0.5, 0.6) is 0 Å². The minimum absolute atomic E-state index is 0.0545. The van der Waals surface area contributed by atoms with E-state index >= 15 is 0 Å². The maximum Gasteiger partial charge on any atom is 0.319 e. The highest BCUT2D eigenvalue weighted by Gasteiger charge is 2.33. The SMILES string of the molecule is CO[C@](C)(CC/C=C(\C)CC/C=C(\C)CC(O)(O)C(O)=C(O)O)CCC1=C(C)C(=O)C(C)=C(C)C1=O. The van der Waals surface area contributed by atoms with Crippen molar-refractivity contribution in [1.29, 1.82) is 0 Å². The Balaban J connectivity index is 2.65. The Kier molecular flexibility index (Phi) is 11.4. The molecular weight excluding hydrogens is 464 g/mol. The van der Waals surface area contributed by atoms with Gasteiger partial charge in [0, 0.05) is 35.8 Å². The third kappa shape index (κ3) is 8.47. The van der Waals surface area contributed by atoms with E-state index < -0.39 is 23.1 Å². The van der Waals surface area contributed by atoms with Crippen LogP contribution in [0, 0.1) is 0 Å². The summed E-state index contributed by atoms with van der Waals surface area (Å²) in [4.78, 5) is 25.1. The maximum atomic E-state index is 12.7. The molecule has 1 rings (SSSR count). The molecule has 0 saturated carbocycles. The molecule has 0 saturated heterocycles. The molecular formula is C28H42O8. The second-order valence-corrected chi connectivity index (χ2v) is 10.0. The lowest BCUT2D eigenvalue weighted by atomic mass is 9.81. The number of hydrogen-bond acceptors (Lipinski definition) is 8. The van der Waals surface area contributed by atoms with Crippen LogP contribution in [0.25, 0.3) is 0 Å². The van der Waals surface area contributed by atoms with Crippen molar-refractivity contribution in [1.82, 2.24) is 0 Å². The molecule has 0 aromatic carbocycles. The summed E-state index contributed by atoms with van der Waals surface area (Å²) in [6.45, 7) is 10.8. The van der Waals surface area contributed by atoms with Gasteiger partial charge < -0.3 is 30.3 Å². The van der Waals surface area contributed by atoms with E-state index in [0.717, 1.165) is 24.8 Å². The highest BCUT2D eigenvalue weighted by atomic mass is 16.5. The lowest BCUT2D eigenvalue weighted by Gasteiger charge is -2.29. The van der Waals surface area contributed by atoms with Gasteiger partial charge in [-0.3, -0.25) is 9.59 Å². The summed E-state index contributed by atoms with van der Waals surface area (Å²) in [5.74, 6) is -5.68. The minimum atomic E-state index is -2.74. The number of hydrogen-bond donors (Lipinski definition) is 5. The van der Waals surface area contributed by atoms with E-state index in [4.69, 9.17) is 14.9 Å². The molecule has 0 aromatic rings. The second kappa shape index (κ2) is 13.0. The van der Waals surface area contributed by atoms with E-state index in [2.05, 4.69) is 6.08 Å². The highest BCUT2D eigenvalue weighted by Crippen LogP contribution is 2.32. The third-order valence-electron chi connectivity index (χ3n) is 7.02. The van der Waals surface area contributed by atoms with E-state index in [-0.39, 0.29) is 18.0 Å². The fraction of sp³-hybridized carbons (Fsp3) is 0.571. The Morgan fingerprint density at radius 2 is 1.42 bits per heavy atom. The third-order valence-corrected chi connectivity index (χ3v) is 7.02. The summed E-state index contributed by atoms with van der Waals surface area (Å²) < 4.78 is 5.77. The van der Waals surface area contributed by atoms with Crippen molar-refractivity contribution in [2.24, 2.45) is 0 Å². The first-order chi connectivity index (χ1) is 16.6. The van der Waals surface area contributed by atoms with Crippen LogP contribution < -0.4 is 0 Å². The largest absolute Gasteiger partial charge is 0.502 e. The fourth-order valence-electron chi connectivity index (χ4n) is 4.17. The predicted octanol–water partition coefficient (Wildman–Crippen LogP) is 5.34. The van der Waals surface area contributed by atoms with E-state index in [0.29, 0.717) is 47.1 Å². The van der Waals surface area contributed by atoms with Gasteiger partial charge in [0.05, 0.1) is 5.60 Å². The zero-order valence-corrected chi connectivity index (χ0v) is 22.6. The van der Waals surface area contributed by atoms with Gasteiger partial charge in [-0.2, -0.15) is 0 Å². The predicted molar refractivity (Wildman–Crippen MR) is 138 cm³/mol. The minimum Gasteiger partial charge on any atom is -0.502 e. The second-order valence-electron chi connectivity index (χ2n) is 10.0. The van der Waals surface area contributed by atoms with Crippen LogP contribution in [0.1, 0.15) is 86.5 Å². The molecule has 0 fully saturated rings. The Bertz CT molecular complexity index is 1000. The maximum absolute atomic E-state index is 12.7. The van der Waals surface area contributed by atoms with Gasteiger partial charge in [-0.15, -0.1) is 0 Å². The van der Waals surface area contributed by atoms with Crippen LogP contribution in [-0.4, -0.2) is 55.6 Å². The smallest absolute Gasteiger partial charge is 0.319 e. The Morgan fingerprint density at radius 1 is 0.861 bits per heavy atom. The number of carbonyl (C=O) groups is 2. The van der Waals surface area contributed by atoms with E-state index in [1.165, 1.54) is 0 Å². The number of rotatable bonds is 13. The van der Waals surface area contributed by atoms with E-state index in [1.807, 2.05) is 13.8 Å². The van der Waals surface area contributed by atoms with Crippen LogP contribution >= 0.6 is 0 Å². The number of ether oxygens (including phenoxy) is 1. The van der Waals surface area contributed by atoms with Crippen molar-refractivity contribution < 1.29 is 39.9 Å². The lowest BCUT2D eigenvalue weighted by Crippen LogP contribution is -2.32. The molecule has 0 heterocycles. The zero-order valence-electron chi connectivity index (χ0n) is 22.6. The number of ketones is 2. The fourth-order valence-corrected chi connectivity index (χ4v) is 4.17. The van der Waals surface area contributed by atoms with Crippen molar-refractivity contribution in [3.63, 3.8) is 0 Å². The first-order valence-electron chi connectivity index (χ1n) is 12.2. The number of aliphatic hydroxyl groups is 5. The number of aliphatic hydroxyl groups excluding tert-OH is 2. The molecule has 0 aromatic heterocycles. The summed E-state index contributed by atoms with van der Waals surface area (Å²) >= 11 is 0. The van der Waals surface area contributed by atoms with Crippen molar-refractivity contribution in [3.8, 4) is 0 Å². The molecule has 1 aliphatic carbocycles. The Morgan fingerprint density at radius 3 is 1.97 bits per heavy atom. The lowest BCUT2D eigenvalue weighted by molar-refractivity contribution is -0.157. The van der Waals surface area contributed by atoms with Gasteiger partial charge >= 0.3 is 5.95 Å². The summed E-state index contributed by atoms with van der Waals surface area (Å²) in [6, 6.07) is 0. The molecule has 0 bridgehead atoms. The highest BCUT2D eigenvalue weighted by molar-refractivity contribution is 6.24.